The van der Waals surface area contributed by atoms with Crippen LogP contribution in [0.2, 0.25) is 0 Å². The summed E-state index contributed by atoms with van der Waals surface area (Å²) < 4.78 is 0. The Balaban J connectivity index is 1.55. The van der Waals surface area contributed by atoms with Crippen LogP contribution >= 0.6 is 11.3 Å². The molecular weight excluding hydrogens is 332 g/mol. The molecule has 3 N–H and O–H groups in total. The number of nitrogens with zero attached hydrogens (tertiary/aromatic N) is 2. The van der Waals surface area contributed by atoms with Crippen molar-refractivity contribution in [1.29, 1.82) is 0 Å². The van der Waals surface area contributed by atoms with Gasteiger partial charge in [0.1, 0.15) is 12.0 Å². The molecule has 0 spiro atoms. The molecule has 0 aliphatic carbocycles. The third kappa shape index (κ3) is 5.09. The molecule has 5 nitrogen and oxygen atoms in total. The standard InChI is InChI=1S/C19H22N4OS/c1-13-7-6-10-17(20-13)23-19-22-16(12-25-19)11-18(24)21-14(2)15-8-4-3-5-9-15/h3-10,12,14,18,21,24H,11H2,1-2H3,(H,20,22,23). The number of pyridine rings is 1. The Labute approximate surface area is 151 Å². The predicted molar refractivity (Wildman–Crippen MR) is 102 cm³/mol. The Morgan fingerprint density at radius 2 is 1.88 bits per heavy atom. The third-order valence-electron chi connectivity index (χ3n) is 3.82. The van der Waals surface area contributed by atoms with Crippen LogP contribution in [0.3, 0.4) is 0 Å². The Kier molecular flexibility index (Phi) is 5.75. The molecule has 0 fully saturated rings. The topological polar surface area (TPSA) is 70.1 Å². The fourth-order valence-corrected chi connectivity index (χ4v) is 3.29. The van der Waals surface area contributed by atoms with Crippen molar-refractivity contribution in [3.63, 3.8) is 0 Å². The van der Waals surface area contributed by atoms with Gasteiger partial charge < -0.3 is 10.4 Å². The average Bonchev–Trinajstić information content (AvgIpc) is 3.02. The molecular formula is C19H22N4OS. The lowest BCUT2D eigenvalue weighted by Gasteiger charge is -2.18. The maximum absolute atomic E-state index is 10.3. The van der Waals surface area contributed by atoms with Gasteiger partial charge in [-0.15, -0.1) is 11.3 Å². The second-order valence-corrected chi connectivity index (χ2v) is 6.81. The first-order chi connectivity index (χ1) is 12.1. The fraction of sp³-hybridized carbons (Fsp3) is 0.263. The fourth-order valence-electron chi connectivity index (χ4n) is 2.56. The lowest BCUT2D eigenvalue weighted by atomic mass is 10.1. The van der Waals surface area contributed by atoms with Gasteiger partial charge in [0.2, 0.25) is 0 Å². The number of hydrogen-bond acceptors (Lipinski definition) is 6. The summed E-state index contributed by atoms with van der Waals surface area (Å²) in [6.45, 7) is 3.99. The van der Waals surface area contributed by atoms with E-state index in [1.54, 1.807) is 0 Å². The summed E-state index contributed by atoms with van der Waals surface area (Å²) in [6, 6.07) is 16.0. The quantitative estimate of drug-likeness (QED) is 0.563. The molecule has 1 aromatic carbocycles. The zero-order chi connectivity index (χ0) is 17.6. The van der Waals surface area contributed by atoms with Crippen molar-refractivity contribution in [3.05, 3.63) is 70.9 Å². The van der Waals surface area contributed by atoms with Crippen LogP contribution in [0.4, 0.5) is 10.9 Å². The highest BCUT2D eigenvalue weighted by Gasteiger charge is 2.13. The SMILES string of the molecule is Cc1cccc(Nc2nc(CC(O)NC(C)c3ccccc3)cs2)n1. The van der Waals surface area contributed by atoms with Gasteiger partial charge in [-0.25, -0.2) is 9.97 Å². The highest BCUT2D eigenvalue weighted by Crippen LogP contribution is 2.21. The van der Waals surface area contributed by atoms with E-state index < -0.39 is 6.23 Å². The van der Waals surface area contributed by atoms with Gasteiger partial charge in [0.05, 0.1) is 5.69 Å². The summed E-state index contributed by atoms with van der Waals surface area (Å²) >= 11 is 1.51. The second kappa shape index (κ2) is 8.20. The van der Waals surface area contributed by atoms with Gasteiger partial charge in [0.25, 0.3) is 0 Å². The minimum absolute atomic E-state index is 0.0731. The van der Waals surface area contributed by atoms with Crippen LogP contribution in [0.25, 0.3) is 0 Å². The van der Waals surface area contributed by atoms with Crippen molar-refractivity contribution in [2.24, 2.45) is 0 Å². The molecule has 3 rings (SSSR count). The maximum atomic E-state index is 10.3. The van der Waals surface area contributed by atoms with Crippen LogP contribution in [0, 0.1) is 6.92 Å². The van der Waals surface area contributed by atoms with Gasteiger partial charge in [-0.3, -0.25) is 5.32 Å². The number of benzene rings is 1. The summed E-state index contributed by atoms with van der Waals surface area (Å²) in [5.41, 5.74) is 2.95. The summed E-state index contributed by atoms with van der Waals surface area (Å²) in [5.74, 6) is 0.775. The van der Waals surface area contributed by atoms with Gasteiger partial charge in [-0.2, -0.15) is 0 Å². The van der Waals surface area contributed by atoms with E-state index >= 15 is 0 Å². The van der Waals surface area contributed by atoms with Crippen LogP contribution in [0.15, 0.2) is 53.9 Å². The highest BCUT2D eigenvalue weighted by molar-refractivity contribution is 7.13. The second-order valence-electron chi connectivity index (χ2n) is 5.95. The number of thiazole rings is 1. The van der Waals surface area contributed by atoms with E-state index in [0.717, 1.165) is 27.9 Å². The molecule has 2 aromatic heterocycles. The lowest BCUT2D eigenvalue weighted by molar-refractivity contribution is 0.124. The number of hydrogen-bond donors (Lipinski definition) is 3. The van der Waals surface area contributed by atoms with Crippen LogP contribution in [-0.4, -0.2) is 21.3 Å². The minimum atomic E-state index is -0.651. The van der Waals surface area contributed by atoms with Gasteiger partial charge in [-0.05, 0) is 31.5 Å². The van der Waals surface area contributed by atoms with Gasteiger partial charge in [0.15, 0.2) is 5.13 Å². The van der Waals surface area contributed by atoms with Crippen LogP contribution in [0.1, 0.15) is 29.9 Å². The van der Waals surface area contributed by atoms with E-state index in [-0.39, 0.29) is 6.04 Å². The van der Waals surface area contributed by atoms with Crippen LogP contribution in [0.5, 0.6) is 0 Å². The molecule has 0 aliphatic rings. The van der Waals surface area contributed by atoms with Gasteiger partial charge >= 0.3 is 0 Å². The van der Waals surface area contributed by atoms with E-state index in [1.807, 2.05) is 67.8 Å². The van der Waals surface area contributed by atoms with E-state index in [4.69, 9.17) is 0 Å². The van der Waals surface area contributed by atoms with Crippen LogP contribution < -0.4 is 10.6 Å². The van der Waals surface area contributed by atoms with Crippen molar-refractivity contribution in [3.8, 4) is 0 Å². The van der Waals surface area contributed by atoms with E-state index in [0.29, 0.717) is 6.42 Å². The van der Waals surface area contributed by atoms with Gasteiger partial charge in [-0.1, -0.05) is 36.4 Å². The van der Waals surface area contributed by atoms with Crippen molar-refractivity contribution in [2.45, 2.75) is 32.5 Å². The number of aromatic nitrogens is 2. The van der Waals surface area contributed by atoms with E-state index in [2.05, 4.69) is 20.6 Å². The number of nitrogens with one attached hydrogen (secondary N) is 2. The molecule has 0 radical (unpaired) electrons. The maximum Gasteiger partial charge on any atom is 0.188 e. The zero-order valence-electron chi connectivity index (χ0n) is 14.3. The van der Waals surface area contributed by atoms with Gasteiger partial charge in [0, 0.05) is 23.5 Å². The number of aliphatic hydroxyl groups is 1. The molecule has 0 saturated carbocycles. The largest absolute Gasteiger partial charge is 0.378 e. The third-order valence-corrected chi connectivity index (χ3v) is 4.63. The first-order valence-electron chi connectivity index (χ1n) is 8.24. The smallest absolute Gasteiger partial charge is 0.188 e. The zero-order valence-corrected chi connectivity index (χ0v) is 15.1. The molecule has 0 amide bonds. The van der Waals surface area contributed by atoms with Crippen LogP contribution in [-0.2, 0) is 6.42 Å². The number of anilines is 2. The normalized spacial score (nSPS) is 13.4. The summed E-state index contributed by atoms with van der Waals surface area (Å²) in [5, 5.41) is 19.4. The molecule has 2 atom stereocenters. The Morgan fingerprint density at radius 1 is 1.08 bits per heavy atom. The molecule has 0 aliphatic heterocycles. The lowest BCUT2D eigenvalue weighted by Crippen LogP contribution is -2.33. The predicted octanol–water partition coefficient (Wildman–Crippen LogP) is 3.80. The number of rotatable bonds is 7. The molecule has 3 aromatic rings. The first-order valence-corrected chi connectivity index (χ1v) is 9.12. The minimum Gasteiger partial charge on any atom is -0.378 e. The Morgan fingerprint density at radius 3 is 2.64 bits per heavy atom. The van der Waals surface area contributed by atoms with Crippen molar-refractivity contribution in [2.75, 3.05) is 5.32 Å². The molecule has 0 saturated heterocycles. The molecule has 2 heterocycles. The molecule has 6 heteroatoms. The van der Waals surface area contributed by atoms with Crippen molar-refractivity contribution >= 4 is 22.3 Å². The Hall–Kier alpha value is -2.28. The highest BCUT2D eigenvalue weighted by atomic mass is 32.1. The molecule has 0 bridgehead atoms. The summed E-state index contributed by atoms with van der Waals surface area (Å²) in [4.78, 5) is 8.93. The number of aryl methyl sites for hydroxylation is 1. The van der Waals surface area contributed by atoms with Crippen molar-refractivity contribution in [1.82, 2.24) is 15.3 Å². The average molecular weight is 354 g/mol. The molecule has 25 heavy (non-hydrogen) atoms. The molecule has 130 valence electrons. The first kappa shape index (κ1) is 17.5. The van der Waals surface area contributed by atoms with Crippen molar-refractivity contribution < 1.29 is 5.11 Å². The van der Waals surface area contributed by atoms with E-state index in [1.165, 1.54) is 11.3 Å². The monoisotopic (exact) mass is 354 g/mol. The summed E-state index contributed by atoms with van der Waals surface area (Å²) in [7, 11) is 0. The molecule has 2 unspecified atom stereocenters. The Bertz CT molecular complexity index is 806. The van der Waals surface area contributed by atoms with E-state index in [9.17, 15) is 5.11 Å². The number of aliphatic hydroxyl groups excluding tert-OH is 1. The summed E-state index contributed by atoms with van der Waals surface area (Å²) in [6.07, 6.45) is -0.196.